The number of hydrogen-bond acceptors (Lipinski definition) is 4. The van der Waals surface area contributed by atoms with Crippen LogP contribution in [-0.2, 0) is 5.41 Å². The molecule has 0 aliphatic rings. The number of carbonyl (C=O) groups is 1. The molecule has 1 N–H and O–H groups in total. The molecular weight excluding hydrogens is 364 g/mol. The minimum atomic E-state index is -0.143. The van der Waals surface area contributed by atoms with Gasteiger partial charge in [-0.3, -0.25) is 4.79 Å². The van der Waals surface area contributed by atoms with Crippen molar-refractivity contribution < 1.29 is 19.4 Å². The van der Waals surface area contributed by atoms with E-state index < -0.39 is 0 Å². The van der Waals surface area contributed by atoms with Gasteiger partial charge < -0.3 is 14.6 Å². The zero-order valence-corrected chi connectivity index (χ0v) is 18.1. The van der Waals surface area contributed by atoms with Crippen LogP contribution in [0.5, 0.6) is 17.2 Å². The highest BCUT2D eigenvalue weighted by atomic mass is 16.5. The standard InChI is InChI=1S/C25H32O4/c1-6-14-28-22-16-18(8-13-21(27)19-9-11-20(26)12-10-19)17-23(29-15-7-2)24(22)25(3,4)5/h8-13,16-17,26H,6-7,14-15H2,1-5H3/b13-8+. The zero-order valence-electron chi connectivity index (χ0n) is 18.1. The molecule has 0 saturated carbocycles. The van der Waals surface area contributed by atoms with Crippen LogP contribution in [0.15, 0.2) is 42.5 Å². The van der Waals surface area contributed by atoms with Crippen LogP contribution in [0, 0.1) is 0 Å². The number of ketones is 1. The Bertz CT molecular complexity index is 813. The predicted molar refractivity (Wildman–Crippen MR) is 118 cm³/mol. The molecule has 0 unspecified atom stereocenters. The van der Waals surface area contributed by atoms with Crippen LogP contribution in [-0.4, -0.2) is 24.1 Å². The predicted octanol–water partition coefficient (Wildman–Crippen LogP) is 6.16. The number of phenolic OH excluding ortho intramolecular Hbond substituents is 1. The van der Waals surface area contributed by atoms with Crippen LogP contribution in [0.4, 0.5) is 0 Å². The second-order valence-corrected chi connectivity index (χ2v) is 8.08. The maximum absolute atomic E-state index is 12.4. The van der Waals surface area contributed by atoms with Gasteiger partial charge in [0.2, 0.25) is 0 Å². The van der Waals surface area contributed by atoms with Gasteiger partial charge >= 0.3 is 0 Å². The number of carbonyl (C=O) groups excluding carboxylic acids is 1. The molecule has 0 aliphatic heterocycles. The van der Waals surface area contributed by atoms with E-state index >= 15 is 0 Å². The summed E-state index contributed by atoms with van der Waals surface area (Å²) in [6.07, 6.45) is 5.13. The second kappa shape index (κ2) is 10.1. The lowest BCUT2D eigenvalue weighted by molar-refractivity contribution is 0.104. The highest BCUT2D eigenvalue weighted by Crippen LogP contribution is 2.40. The molecule has 2 aromatic carbocycles. The first-order valence-electron chi connectivity index (χ1n) is 10.2. The molecular formula is C25H32O4. The third kappa shape index (κ3) is 6.38. The average molecular weight is 397 g/mol. The van der Waals surface area contributed by atoms with Gasteiger partial charge in [0, 0.05) is 11.1 Å². The number of rotatable bonds is 9. The Hall–Kier alpha value is -2.75. The van der Waals surface area contributed by atoms with Gasteiger partial charge in [-0.05, 0) is 66.3 Å². The molecule has 0 amide bonds. The van der Waals surface area contributed by atoms with Crippen LogP contribution in [0.1, 0.15) is 68.9 Å². The lowest BCUT2D eigenvalue weighted by Gasteiger charge is -2.26. The minimum absolute atomic E-state index is 0.128. The minimum Gasteiger partial charge on any atom is -0.508 e. The highest BCUT2D eigenvalue weighted by Gasteiger charge is 2.25. The van der Waals surface area contributed by atoms with Crippen molar-refractivity contribution in [2.24, 2.45) is 0 Å². The topological polar surface area (TPSA) is 55.8 Å². The molecule has 2 aromatic rings. The summed E-state index contributed by atoms with van der Waals surface area (Å²) in [7, 11) is 0. The van der Waals surface area contributed by atoms with E-state index in [1.54, 1.807) is 18.2 Å². The van der Waals surface area contributed by atoms with Gasteiger partial charge in [0.1, 0.15) is 17.2 Å². The van der Waals surface area contributed by atoms with E-state index in [1.807, 2.05) is 12.1 Å². The van der Waals surface area contributed by atoms with Crippen LogP contribution < -0.4 is 9.47 Å². The zero-order chi connectivity index (χ0) is 21.4. The first-order chi connectivity index (χ1) is 13.8. The molecule has 0 fully saturated rings. The molecule has 0 bridgehead atoms. The molecule has 2 rings (SSSR count). The van der Waals surface area contributed by atoms with Crippen molar-refractivity contribution in [3.05, 3.63) is 59.2 Å². The third-order valence-electron chi connectivity index (χ3n) is 4.34. The smallest absolute Gasteiger partial charge is 0.185 e. The van der Waals surface area contributed by atoms with Crippen LogP contribution in [0.2, 0.25) is 0 Å². The second-order valence-electron chi connectivity index (χ2n) is 8.08. The summed E-state index contributed by atoms with van der Waals surface area (Å²) in [5.41, 5.74) is 2.27. The van der Waals surface area contributed by atoms with E-state index in [4.69, 9.17) is 9.47 Å². The number of benzene rings is 2. The van der Waals surface area contributed by atoms with E-state index in [0.717, 1.165) is 35.5 Å². The van der Waals surface area contributed by atoms with Crippen molar-refractivity contribution in [3.8, 4) is 17.2 Å². The SMILES string of the molecule is CCCOc1cc(/C=C/C(=O)c2ccc(O)cc2)cc(OCCC)c1C(C)(C)C. The Kier molecular flexibility index (Phi) is 7.89. The quantitative estimate of drug-likeness (QED) is 0.407. The maximum atomic E-state index is 12.4. The summed E-state index contributed by atoms with van der Waals surface area (Å²) >= 11 is 0. The molecule has 29 heavy (non-hydrogen) atoms. The van der Waals surface area contributed by atoms with Gasteiger partial charge in [0.25, 0.3) is 0 Å². The van der Waals surface area contributed by atoms with Crippen LogP contribution in [0.25, 0.3) is 6.08 Å². The molecule has 4 heteroatoms. The number of ether oxygens (including phenoxy) is 2. The fourth-order valence-corrected chi connectivity index (χ4v) is 2.99. The van der Waals surface area contributed by atoms with Gasteiger partial charge in [-0.2, -0.15) is 0 Å². The number of hydrogen-bond donors (Lipinski definition) is 1. The molecule has 0 radical (unpaired) electrons. The van der Waals surface area contributed by atoms with Gasteiger partial charge in [-0.1, -0.05) is 40.7 Å². The highest BCUT2D eigenvalue weighted by molar-refractivity contribution is 6.06. The van der Waals surface area contributed by atoms with E-state index in [2.05, 4.69) is 34.6 Å². The average Bonchev–Trinajstić information content (AvgIpc) is 2.68. The van der Waals surface area contributed by atoms with Gasteiger partial charge in [0.05, 0.1) is 13.2 Å². The largest absolute Gasteiger partial charge is 0.508 e. The molecule has 0 aromatic heterocycles. The summed E-state index contributed by atoms with van der Waals surface area (Å²) in [5.74, 6) is 1.60. The first-order valence-corrected chi connectivity index (χ1v) is 10.2. The number of phenols is 1. The fraction of sp³-hybridized carbons (Fsp3) is 0.400. The maximum Gasteiger partial charge on any atom is 0.185 e. The van der Waals surface area contributed by atoms with Gasteiger partial charge in [0.15, 0.2) is 5.78 Å². The van der Waals surface area contributed by atoms with Crippen molar-refractivity contribution in [3.63, 3.8) is 0 Å². The van der Waals surface area contributed by atoms with Crippen LogP contribution in [0.3, 0.4) is 0 Å². The third-order valence-corrected chi connectivity index (χ3v) is 4.34. The molecule has 0 atom stereocenters. The van der Waals surface area contributed by atoms with E-state index in [1.165, 1.54) is 18.2 Å². The van der Waals surface area contributed by atoms with Crippen molar-refractivity contribution in [1.82, 2.24) is 0 Å². The van der Waals surface area contributed by atoms with E-state index in [-0.39, 0.29) is 16.9 Å². The molecule has 0 heterocycles. The lowest BCUT2D eigenvalue weighted by Crippen LogP contribution is -2.16. The number of allylic oxidation sites excluding steroid dienone is 1. The van der Waals surface area contributed by atoms with E-state index in [9.17, 15) is 9.90 Å². The summed E-state index contributed by atoms with van der Waals surface area (Å²) in [5, 5.41) is 9.38. The molecule has 0 saturated heterocycles. The molecule has 0 aliphatic carbocycles. The Balaban J connectivity index is 2.42. The Morgan fingerprint density at radius 1 is 0.966 bits per heavy atom. The summed E-state index contributed by atoms with van der Waals surface area (Å²) in [6.45, 7) is 11.8. The normalized spacial score (nSPS) is 11.6. The van der Waals surface area contributed by atoms with E-state index in [0.29, 0.717) is 18.8 Å². The fourth-order valence-electron chi connectivity index (χ4n) is 2.99. The van der Waals surface area contributed by atoms with Crippen molar-refractivity contribution in [2.45, 2.75) is 52.9 Å². The first kappa shape index (κ1) is 22.5. The monoisotopic (exact) mass is 396 g/mol. The van der Waals surface area contributed by atoms with Crippen molar-refractivity contribution in [2.75, 3.05) is 13.2 Å². The molecule has 156 valence electrons. The Morgan fingerprint density at radius 3 is 1.93 bits per heavy atom. The van der Waals surface area contributed by atoms with Gasteiger partial charge in [-0.15, -0.1) is 0 Å². The lowest BCUT2D eigenvalue weighted by atomic mass is 9.84. The summed E-state index contributed by atoms with van der Waals surface area (Å²) in [4.78, 5) is 12.4. The Labute approximate surface area is 174 Å². The van der Waals surface area contributed by atoms with Gasteiger partial charge in [-0.25, -0.2) is 0 Å². The van der Waals surface area contributed by atoms with Crippen LogP contribution >= 0.6 is 0 Å². The molecule has 0 spiro atoms. The summed E-state index contributed by atoms with van der Waals surface area (Å²) in [6, 6.07) is 10.2. The van der Waals surface area contributed by atoms with Crippen molar-refractivity contribution >= 4 is 11.9 Å². The molecule has 4 nitrogen and oxygen atoms in total. The van der Waals surface area contributed by atoms with Crippen molar-refractivity contribution in [1.29, 1.82) is 0 Å². The summed E-state index contributed by atoms with van der Waals surface area (Å²) < 4.78 is 12.1. The Morgan fingerprint density at radius 2 is 1.48 bits per heavy atom. The number of aromatic hydroxyl groups is 1.